The Bertz CT molecular complexity index is 392. The van der Waals surface area contributed by atoms with E-state index in [0.29, 0.717) is 5.82 Å². The maximum absolute atomic E-state index is 11.0. The number of nitrogens with one attached hydrogen (secondary N) is 1. The van der Waals surface area contributed by atoms with Crippen LogP contribution in [-0.2, 0) is 4.79 Å². The molecule has 1 aliphatic heterocycles. The van der Waals surface area contributed by atoms with Gasteiger partial charge in [-0.25, -0.2) is 4.98 Å². The van der Waals surface area contributed by atoms with Crippen LogP contribution >= 0.6 is 0 Å². The quantitative estimate of drug-likeness (QED) is 0.657. The Balaban J connectivity index is 2.04. The smallest absolute Gasteiger partial charge is 0.220 e. The molecule has 88 valence electrons. The van der Waals surface area contributed by atoms with Gasteiger partial charge in [-0.2, -0.15) is 0 Å². The first kappa shape index (κ1) is 10.8. The van der Waals surface area contributed by atoms with Crippen LogP contribution in [0.3, 0.4) is 0 Å². The predicted molar refractivity (Wildman–Crippen MR) is 61.9 cm³/mol. The molecule has 0 radical (unpaired) electrons. The van der Waals surface area contributed by atoms with Crippen LogP contribution in [0.4, 0.5) is 11.6 Å². The second kappa shape index (κ2) is 4.03. The molecule has 0 bridgehead atoms. The van der Waals surface area contributed by atoms with Crippen molar-refractivity contribution in [2.75, 3.05) is 23.7 Å². The Hall–Kier alpha value is -1.72. The Kier molecular flexibility index (Phi) is 2.72. The van der Waals surface area contributed by atoms with Crippen LogP contribution in [-0.4, -0.2) is 29.0 Å². The van der Waals surface area contributed by atoms with E-state index in [1.165, 1.54) is 0 Å². The molecule has 1 amide bonds. The number of hydrogen-bond acceptors (Lipinski definition) is 4. The first-order chi connectivity index (χ1) is 7.58. The number of primary amides is 1. The summed E-state index contributed by atoms with van der Waals surface area (Å²) >= 11 is 0. The number of imidazole rings is 1. The van der Waals surface area contributed by atoms with Crippen LogP contribution in [0.15, 0.2) is 0 Å². The fraction of sp³-hybridized carbons (Fsp3) is 0.600. The zero-order valence-corrected chi connectivity index (χ0v) is 9.36. The first-order valence-electron chi connectivity index (χ1n) is 5.44. The van der Waals surface area contributed by atoms with E-state index in [1.54, 1.807) is 0 Å². The summed E-state index contributed by atoms with van der Waals surface area (Å²) in [6, 6.07) is 0. The van der Waals surface area contributed by atoms with E-state index in [0.717, 1.165) is 37.6 Å². The highest BCUT2D eigenvalue weighted by Crippen LogP contribution is 2.25. The van der Waals surface area contributed by atoms with Crippen molar-refractivity contribution < 1.29 is 4.79 Å². The Morgan fingerprint density at radius 2 is 2.12 bits per heavy atom. The Morgan fingerprint density at radius 3 is 2.56 bits per heavy atom. The van der Waals surface area contributed by atoms with E-state index < -0.39 is 0 Å². The van der Waals surface area contributed by atoms with Gasteiger partial charge in [0, 0.05) is 19.0 Å². The standard InChI is InChI=1S/C10H17N5O/c1-6-13-8(11)10(14-6)15-4-2-7(3-5-15)9(12)16/h7H,2-5,11H2,1H3,(H2,12,16)(H,13,14). The highest BCUT2D eigenvalue weighted by Gasteiger charge is 2.25. The van der Waals surface area contributed by atoms with Crippen molar-refractivity contribution in [3.8, 4) is 0 Å². The number of aromatic amines is 1. The zero-order valence-electron chi connectivity index (χ0n) is 9.36. The number of amides is 1. The summed E-state index contributed by atoms with van der Waals surface area (Å²) < 4.78 is 0. The van der Waals surface area contributed by atoms with Gasteiger partial charge in [-0.1, -0.05) is 0 Å². The second-order valence-electron chi connectivity index (χ2n) is 4.22. The summed E-state index contributed by atoms with van der Waals surface area (Å²) in [6.45, 7) is 3.43. The van der Waals surface area contributed by atoms with Crippen molar-refractivity contribution in [1.29, 1.82) is 0 Å². The number of nitrogen functional groups attached to an aromatic ring is 1. The molecule has 0 spiro atoms. The normalized spacial score (nSPS) is 17.7. The van der Waals surface area contributed by atoms with E-state index in [-0.39, 0.29) is 11.8 Å². The molecule has 1 aromatic heterocycles. The van der Waals surface area contributed by atoms with Gasteiger partial charge in [0.05, 0.1) is 0 Å². The van der Waals surface area contributed by atoms with Gasteiger partial charge >= 0.3 is 0 Å². The molecule has 0 saturated carbocycles. The van der Waals surface area contributed by atoms with Gasteiger partial charge in [0.2, 0.25) is 5.91 Å². The highest BCUT2D eigenvalue weighted by atomic mass is 16.1. The molecule has 0 aromatic carbocycles. The molecule has 1 saturated heterocycles. The minimum absolute atomic E-state index is 0.00230. The number of carbonyl (C=O) groups excluding carboxylic acids is 1. The van der Waals surface area contributed by atoms with Crippen molar-refractivity contribution in [3.63, 3.8) is 0 Å². The summed E-state index contributed by atoms with van der Waals surface area (Å²) in [5, 5.41) is 0. The number of nitrogens with zero attached hydrogens (tertiary/aromatic N) is 2. The van der Waals surface area contributed by atoms with Crippen LogP contribution < -0.4 is 16.4 Å². The molecule has 0 aliphatic carbocycles. The number of piperidine rings is 1. The Labute approximate surface area is 94.0 Å². The second-order valence-corrected chi connectivity index (χ2v) is 4.22. The first-order valence-corrected chi connectivity index (χ1v) is 5.44. The van der Waals surface area contributed by atoms with E-state index in [9.17, 15) is 4.79 Å². The number of H-pyrrole nitrogens is 1. The SMILES string of the molecule is Cc1nc(N2CCC(C(N)=O)CC2)c(N)[nH]1. The van der Waals surface area contributed by atoms with Gasteiger partial charge in [-0.05, 0) is 19.8 Å². The van der Waals surface area contributed by atoms with E-state index in [4.69, 9.17) is 11.5 Å². The average Bonchev–Trinajstić information content (AvgIpc) is 2.58. The molecule has 1 aliphatic rings. The fourth-order valence-corrected chi connectivity index (χ4v) is 2.11. The predicted octanol–water partition coefficient (Wildman–Crippen LogP) is 0.00202. The zero-order chi connectivity index (χ0) is 11.7. The molecule has 1 fully saturated rings. The topological polar surface area (TPSA) is 101 Å². The molecule has 16 heavy (non-hydrogen) atoms. The number of hydrogen-bond donors (Lipinski definition) is 3. The minimum atomic E-state index is -0.203. The van der Waals surface area contributed by atoms with Gasteiger partial charge in [0.1, 0.15) is 11.6 Å². The molecule has 6 heteroatoms. The number of rotatable bonds is 2. The molecule has 0 atom stereocenters. The van der Waals surface area contributed by atoms with Crippen LogP contribution in [0, 0.1) is 12.8 Å². The summed E-state index contributed by atoms with van der Waals surface area (Å²) in [4.78, 5) is 20.4. The maximum atomic E-state index is 11.0. The van der Waals surface area contributed by atoms with Gasteiger partial charge < -0.3 is 21.4 Å². The van der Waals surface area contributed by atoms with Gasteiger partial charge in [-0.15, -0.1) is 0 Å². The third-order valence-electron chi connectivity index (χ3n) is 3.03. The summed E-state index contributed by atoms with van der Waals surface area (Å²) in [5.74, 6) is 1.99. The largest absolute Gasteiger partial charge is 0.382 e. The van der Waals surface area contributed by atoms with Crippen LogP contribution in [0.2, 0.25) is 0 Å². The minimum Gasteiger partial charge on any atom is -0.382 e. The third-order valence-corrected chi connectivity index (χ3v) is 3.03. The number of aromatic nitrogens is 2. The van der Waals surface area contributed by atoms with Crippen molar-refractivity contribution in [2.45, 2.75) is 19.8 Å². The van der Waals surface area contributed by atoms with Crippen LogP contribution in [0.5, 0.6) is 0 Å². The fourth-order valence-electron chi connectivity index (χ4n) is 2.11. The molecular weight excluding hydrogens is 206 g/mol. The number of aryl methyl sites for hydroxylation is 1. The highest BCUT2D eigenvalue weighted by molar-refractivity contribution is 5.77. The van der Waals surface area contributed by atoms with Crippen molar-refractivity contribution in [1.82, 2.24) is 9.97 Å². The summed E-state index contributed by atoms with van der Waals surface area (Å²) in [5.41, 5.74) is 11.1. The number of anilines is 2. The molecule has 2 rings (SSSR count). The summed E-state index contributed by atoms with van der Waals surface area (Å²) in [7, 11) is 0. The van der Waals surface area contributed by atoms with Gasteiger partial charge in [-0.3, -0.25) is 4.79 Å². The Morgan fingerprint density at radius 1 is 1.50 bits per heavy atom. The summed E-state index contributed by atoms with van der Waals surface area (Å²) in [6.07, 6.45) is 1.56. The van der Waals surface area contributed by atoms with Crippen molar-refractivity contribution in [3.05, 3.63) is 5.82 Å². The van der Waals surface area contributed by atoms with E-state index in [2.05, 4.69) is 14.9 Å². The maximum Gasteiger partial charge on any atom is 0.220 e. The lowest BCUT2D eigenvalue weighted by Crippen LogP contribution is -2.39. The third kappa shape index (κ3) is 1.95. The van der Waals surface area contributed by atoms with Crippen molar-refractivity contribution in [2.24, 2.45) is 11.7 Å². The molecule has 6 nitrogen and oxygen atoms in total. The van der Waals surface area contributed by atoms with E-state index >= 15 is 0 Å². The lowest BCUT2D eigenvalue weighted by Gasteiger charge is -2.30. The molecular formula is C10H17N5O. The number of nitrogens with two attached hydrogens (primary N) is 2. The van der Waals surface area contributed by atoms with Crippen LogP contribution in [0.25, 0.3) is 0 Å². The molecule has 5 N–H and O–H groups in total. The lowest BCUT2D eigenvalue weighted by atomic mass is 9.96. The molecule has 1 aromatic rings. The van der Waals surface area contributed by atoms with Gasteiger partial charge in [0.15, 0.2) is 5.82 Å². The van der Waals surface area contributed by atoms with E-state index in [1.807, 2.05) is 6.92 Å². The average molecular weight is 223 g/mol. The van der Waals surface area contributed by atoms with Crippen LogP contribution in [0.1, 0.15) is 18.7 Å². The monoisotopic (exact) mass is 223 g/mol. The van der Waals surface area contributed by atoms with Gasteiger partial charge in [0.25, 0.3) is 0 Å². The number of carbonyl (C=O) groups is 1. The lowest BCUT2D eigenvalue weighted by molar-refractivity contribution is -0.122. The molecule has 0 unspecified atom stereocenters. The molecule has 2 heterocycles. The van der Waals surface area contributed by atoms with Crippen molar-refractivity contribution >= 4 is 17.5 Å².